The van der Waals surface area contributed by atoms with Gasteiger partial charge in [-0.05, 0) is 23.6 Å². The smallest absolute Gasteiger partial charge is 0.225 e. The van der Waals surface area contributed by atoms with Gasteiger partial charge in [0.05, 0.1) is 7.11 Å². The standard InChI is InChI=1S/C14H20ClNO2/c1-14(2,3)11-9-10(5-6-12(11)18-4)16-13(17)7-8-15/h5-6,9H,7-8H2,1-4H3,(H,16,17). The van der Waals surface area contributed by atoms with E-state index in [0.29, 0.717) is 12.3 Å². The third kappa shape index (κ3) is 3.91. The van der Waals surface area contributed by atoms with Gasteiger partial charge in [-0.25, -0.2) is 0 Å². The third-order valence-corrected chi connectivity index (χ3v) is 2.80. The van der Waals surface area contributed by atoms with Gasteiger partial charge in [0, 0.05) is 23.6 Å². The molecule has 0 heterocycles. The Hall–Kier alpha value is -1.22. The molecule has 0 spiro atoms. The van der Waals surface area contributed by atoms with E-state index in [0.717, 1.165) is 17.0 Å². The van der Waals surface area contributed by atoms with Crippen molar-refractivity contribution in [1.29, 1.82) is 0 Å². The summed E-state index contributed by atoms with van der Waals surface area (Å²) in [4.78, 5) is 11.5. The van der Waals surface area contributed by atoms with Crippen molar-refractivity contribution in [3.8, 4) is 5.75 Å². The first-order valence-corrected chi connectivity index (χ1v) is 6.46. The lowest BCUT2D eigenvalue weighted by atomic mass is 9.86. The molecule has 0 aliphatic heterocycles. The zero-order chi connectivity index (χ0) is 13.8. The zero-order valence-electron chi connectivity index (χ0n) is 11.3. The van der Waals surface area contributed by atoms with Gasteiger partial charge in [0.1, 0.15) is 5.75 Å². The highest BCUT2D eigenvalue weighted by molar-refractivity contribution is 6.19. The Kier molecular flexibility index (Phi) is 5.03. The van der Waals surface area contributed by atoms with Crippen LogP contribution in [0.5, 0.6) is 5.75 Å². The van der Waals surface area contributed by atoms with E-state index in [2.05, 4.69) is 26.1 Å². The van der Waals surface area contributed by atoms with Crippen LogP contribution < -0.4 is 10.1 Å². The Morgan fingerprint density at radius 2 is 2.06 bits per heavy atom. The number of rotatable bonds is 4. The number of halogens is 1. The maximum Gasteiger partial charge on any atom is 0.225 e. The summed E-state index contributed by atoms with van der Waals surface area (Å²) < 4.78 is 5.35. The summed E-state index contributed by atoms with van der Waals surface area (Å²) in [7, 11) is 1.65. The number of benzene rings is 1. The first-order chi connectivity index (χ1) is 8.38. The normalized spacial score (nSPS) is 11.2. The van der Waals surface area contributed by atoms with Crippen LogP contribution in [0.25, 0.3) is 0 Å². The quantitative estimate of drug-likeness (QED) is 0.849. The molecule has 0 saturated carbocycles. The van der Waals surface area contributed by atoms with Crippen LogP contribution in [0, 0.1) is 0 Å². The van der Waals surface area contributed by atoms with Crippen LogP contribution in [0.15, 0.2) is 18.2 Å². The predicted molar refractivity (Wildman–Crippen MR) is 75.7 cm³/mol. The molecule has 3 nitrogen and oxygen atoms in total. The van der Waals surface area contributed by atoms with Crippen LogP contribution >= 0.6 is 11.6 Å². The molecule has 18 heavy (non-hydrogen) atoms. The minimum atomic E-state index is -0.0740. The Morgan fingerprint density at radius 3 is 2.56 bits per heavy atom. The molecular formula is C14H20ClNO2. The number of ether oxygens (including phenoxy) is 1. The average molecular weight is 270 g/mol. The predicted octanol–water partition coefficient (Wildman–Crippen LogP) is 3.56. The van der Waals surface area contributed by atoms with Crippen LogP contribution in [-0.2, 0) is 10.2 Å². The highest BCUT2D eigenvalue weighted by Crippen LogP contribution is 2.33. The largest absolute Gasteiger partial charge is 0.496 e. The van der Waals surface area contributed by atoms with E-state index in [9.17, 15) is 4.79 Å². The maximum atomic E-state index is 11.5. The highest BCUT2D eigenvalue weighted by Gasteiger charge is 2.19. The molecule has 0 bridgehead atoms. The lowest BCUT2D eigenvalue weighted by Gasteiger charge is -2.23. The number of anilines is 1. The van der Waals surface area contributed by atoms with E-state index in [1.165, 1.54) is 0 Å². The summed E-state index contributed by atoms with van der Waals surface area (Å²) in [6.45, 7) is 6.32. The first kappa shape index (κ1) is 14.8. The number of hydrogen-bond acceptors (Lipinski definition) is 2. The molecule has 1 aromatic carbocycles. The van der Waals surface area contributed by atoms with E-state index in [-0.39, 0.29) is 11.3 Å². The number of hydrogen-bond donors (Lipinski definition) is 1. The van der Waals surface area contributed by atoms with Gasteiger partial charge in [-0.3, -0.25) is 4.79 Å². The molecule has 1 aromatic rings. The fourth-order valence-corrected chi connectivity index (χ4v) is 1.85. The number of nitrogens with one attached hydrogen (secondary N) is 1. The van der Waals surface area contributed by atoms with Crippen LogP contribution in [0.1, 0.15) is 32.8 Å². The first-order valence-electron chi connectivity index (χ1n) is 5.93. The Bertz CT molecular complexity index is 424. The topological polar surface area (TPSA) is 38.3 Å². The molecule has 0 fully saturated rings. The fourth-order valence-electron chi connectivity index (χ4n) is 1.68. The van der Waals surface area contributed by atoms with E-state index in [1.54, 1.807) is 7.11 Å². The van der Waals surface area contributed by atoms with Gasteiger partial charge in [0.2, 0.25) is 5.91 Å². The molecule has 0 saturated heterocycles. The van der Waals surface area contributed by atoms with E-state index in [4.69, 9.17) is 16.3 Å². The van der Waals surface area contributed by atoms with Crippen LogP contribution in [0.2, 0.25) is 0 Å². The molecule has 0 unspecified atom stereocenters. The lowest BCUT2D eigenvalue weighted by molar-refractivity contribution is -0.115. The molecule has 100 valence electrons. The number of carbonyl (C=O) groups excluding carboxylic acids is 1. The van der Waals surface area contributed by atoms with Crippen LogP contribution in [-0.4, -0.2) is 18.9 Å². The van der Waals surface area contributed by atoms with Crippen LogP contribution in [0.3, 0.4) is 0 Å². The van der Waals surface area contributed by atoms with Crippen molar-refractivity contribution < 1.29 is 9.53 Å². The van der Waals surface area contributed by atoms with Gasteiger partial charge in [0.15, 0.2) is 0 Å². The summed E-state index contributed by atoms with van der Waals surface area (Å²) in [5, 5.41) is 2.83. The van der Waals surface area contributed by atoms with Crippen molar-refractivity contribution in [3.05, 3.63) is 23.8 Å². The Balaban J connectivity index is 3.00. The van der Waals surface area contributed by atoms with Crippen molar-refractivity contribution in [1.82, 2.24) is 0 Å². The number of methoxy groups -OCH3 is 1. The number of alkyl halides is 1. The van der Waals surface area contributed by atoms with E-state index >= 15 is 0 Å². The SMILES string of the molecule is COc1ccc(NC(=O)CCCl)cc1C(C)(C)C. The molecule has 0 aromatic heterocycles. The lowest BCUT2D eigenvalue weighted by Crippen LogP contribution is -2.15. The molecule has 0 atom stereocenters. The third-order valence-electron chi connectivity index (χ3n) is 2.61. The van der Waals surface area contributed by atoms with Crippen molar-refractivity contribution in [2.75, 3.05) is 18.3 Å². The van der Waals surface area contributed by atoms with Crippen molar-refractivity contribution in [2.45, 2.75) is 32.6 Å². The van der Waals surface area contributed by atoms with E-state index in [1.807, 2.05) is 18.2 Å². The fraction of sp³-hybridized carbons (Fsp3) is 0.500. The van der Waals surface area contributed by atoms with Gasteiger partial charge in [0.25, 0.3) is 0 Å². The van der Waals surface area contributed by atoms with Gasteiger partial charge in [-0.1, -0.05) is 20.8 Å². The second kappa shape index (κ2) is 6.10. The summed E-state index contributed by atoms with van der Waals surface area (Å²) in [6, 6.07) is 5.65. The van der Waals surface area contributed by atoms with Gasteiger partial charge < -0.3 is 10.1 Å². The summed E-state index contributed by atoms with van der Waals surface area (Å²) in [6.07, 6.45) is 0.318. The van der Waals surface area contributed by atoms with Gasteiger partial charge in [-0.2, -0.15) is 0 Å². The Labute approximate surface area is 113 Å². The number of amides is 1. The molecular weight excluding hydrogens is 250 g/mol. The molecule has 4 heteroatoms. The van der Waals surface area contributed by atoms with E-state index < -0.39 is 0 Å². The molecule has 1 rings (SSSR count). The summed E-state index contributed by atoms with van der Waals surface area (Å²) in [5.41, 5.74) is 1.79. The van der Waals surface area contributed by atoms with Gasteiger partial charge in [-0.15, -0.1) is 11.6 Å². The van der Waals surface area contributed by atoms with Crippen LogP contribution in [0.4, 0.5) is 5.69 Å². The Morgan fingerprint density at radius 1 is 1.39 bits per heavy atom. The van der Waals surface area contributed by atoms with Crippen molar-refractivity contribution >= 4 is 23.2 Å². The number of carbonyl (C=O) groups is 1. The highest BCUT2D eigenvalue weighted by atomic mass is 35.5. The average Bonchev–Trinajstić information content (AvgIpc) is 2.28. The zero-order valence-corrected chi connectivity index (χ0v) is 12.1. The minimum absolute atomic E-state index is 0.0431. The molecule has 0 radical (unpaired) electrons. The summed E-state index contributed by atoms with van der Waals surface area (Å²) in [5.74, 6) is 1.08. The minimum Gasteiger partial charge on any atom is -0.496 e. The van der Waals surface area contributed by atoms with Crippen molar-refractivity contribution in [3.63, 3.8) is 0 Å². The molecule has 0 aliphatic rings. The second-order valence-electron chi connectivity index (χ2n) is 5.15. The molecule has 0 aliphatic carbocycles. The summed E-state index contributed by atoms with van der Waals surface area (Å²) >= 11 is 5.53. The van der Waals surface area contributed by atoms with Crippen molar-refractivity contribution in [2.24, 2.45) is 0 Å². The molecule has 1 N–H and O–H groups in total. The maximum absolute atomic E-state index is 11.5. The monoisotopic (exact) mass is 269 g/mol. The molecule has 1 amide bonds. The second-order valence-corrected chi connectivity index (χ2v) is 5.53. The van der Waals surface area contributed by atoms with Gasteiger partial charge >= 0.3 is 0 Å².